The summed E-state index contributed by atoms with van der Waals surface area (Å²) < 4.78 is 0. The lowest BCUT2D eigenvalue weighted by atomic mass is 9.73. The van der Waals surface area contributed by atoms with Crippen molar-refractivity contribution in [2.75, 3.05) is 0 Å². The van der Waals surface area contributed by atoms with Crippen LogP contribution in [0.15, 0.2) is 24.3 Å². The van der Waals surface area contributed by atoms with E-state index in [9.17, 15) is 5.11 Å². The first kappa shape index (κ1) is 13.6. The van der Waals surface area contributed by atoms with E-state index in [1.165, 1.54) is 49.7 Å². The third-order valence-electron chi connectivity index (χ3n) is 4.21. The zero-order valence-corrected chi connectivity index (χ0v) is 11.6. The summed E-state index contributed by atoms with van der Waals surface area (Å²) in [6, 6.07) is 8.54. The van der Waals surface area contributed by atoms with Crippen molar-refractivity contribution in [1.29, 1.82) is 0 Å². The Morgan fingerprint density at radius 2 is 1.83 bits per heavy atom. The summed E-state index contributed by atoms with van der Waals surface area (Å²) in [5.41, 5.74) is 2.82. The Morgan fingerprint density at radius 1 is 1.11 bits per heavy atom. The van der Waals surface area contributed by atoms with Crippen molar-refractivity contribution in [2.45, 2.75) is 70.3 Å². The van der Waals surface area contributed by atoms with Crippen LogP contribution in [0.5, 0.6) is 0 Å². The highest BCUT2D eigenvalue weighted by Crippen LogP contribution is 2.38. The molecule has 0 heterocycles. The second-order valence-corrected chi connectivity index (χ2v) is 5.63. The summed E-state index contributed by atoms with van der Waals surface area (Å²) in [6.07, 6.45) is 9.76. The Morgan fingerprint density at radius 3 is 2.61 bits per heavy atom. The van der Waals surface area contributed by atoms with Crippen LogP contribution in [0.4, 0.5) is 0 Å². The third-order valence-corrected chi connectivity index (χ3v) is 4.21. The average Bonchev–Trinajstić information content (AvgIpc) is 2.35. The van der Waals surface area contributed by atoms with Crippen LogP contribution in [0.2, 0.25) is 0 Å². The van der Waals surface area contributed by atoms with Gasteiger partial charge in [-0.2, -0.15) is 0 Å². The van der Waals surface area contributed by atoms with E-state index in [-0.39, 0.29) is 6.10 Å². The molecule has 0 spiro atoms. The Kier molecular flexibility index (Phi) is 5.25. The van der Waals surface area contributed by atoms with E-state index in [0.29, 0.717) is 5.92 Å². The molecule has 0 amide bonds. The maximum Gasteiger partial charge on any atom is 0.0612 e. The van der Waals surface area contributed by atoms with Gasteiger partial charge in [0.15, 0.2) is 0 Å². The first-order chi connectivity index (χ1) is 8.83. The van der Waals surface area contributed by atoms with Crippen LogP contribution in [0.25, 0.3) is 0 Å². The fourth-order valence-electron chi connectivity index (χ4n) is 2.98. The second-order valence-electron chi connectivity index (χ2n) is 5.63. The van der Waals surface area contributed by atoms with Crippen LogP contribution >= 0.6 is 0 Å². The molecule has 18 heavy (non-hydrogen) atoms. The number of aliphatic hydroxyl groups excluding tert-OH is 1. The highest BCUT2D eigenvalue weighted by Gasteiger charge is 2.30. The number of fused-ring (bicyclic) bond motifs is 1. The van der Waals surface area contributed by atoms with Crippen molar-refractivity contribution in [3.05, 3.63) is 35.4 Å². The molecule has 0 radical (unpaired) electrons. The minimum Gasteiger partial charge on any atom is -0.392 e. The van der Waals surface area contributed by atoms with Crippen molar-refractivity contribution in [2.24, 2.45) is 0 Å². The van der Waals surface area contributed by atoms with Gasteiger partial charge in [0, 0.05) is 5.92 Å². The van der Waals surface area contributed by atoms with E-state index in [0.717, 1.165) is 12.8 Å². The van der Waals surface area contributed by atoms with Gasteiger partial charge in [0.05, 0.1) is 6.10 Å². The van der Waals surface area contributed by atoms with Crippen molar-refractivity contribution in [3.8, 4) is 0 Å². The average molecular weight is 246 g/mol. The van der Waals surface area contributed by atoms with Gasteiger partial charge in [0.2, 0.25) is 0 Å². The summed E-state index contributed by atoms with van der Waals surface area (Å²) in [7, 11) is 0. The summed E-state index contributed by atoms with van der Waals surface area (Å²) >= 11 is 0. The molecule has 2 unspecified atom stereocenters. The molecule has 0 saturated heterocycles. The van der Waals surface area contributed by atoms with Crippen molar-refractivity contribution < 1.29 is 5.11 Å². The first-order valence-electron chi connectivity index (χ1n) is 7.58. The molecule has 1 heteroatoms. The fraction of sp³-hybridized carbons (Fsp3) is 0.647. The van der Waals surface area contributed by atoms with Gasteiger partial charge in [0.25, 0.3) is 0 Å². The Balaban J connectivity index is 1.63. The van der Waals surface area contributed by atoms with Crippen LogP contribution in [-0.2, 0) is 6.42 Å². The minimum absolute atomic E-state index is 0.119. The van der Waals surface area contributed by atoms with Gasteiger partial charge in [-0.15, -0.1) is 0 Å². The van der Waals surface area contributed by atoms with Crippen molar-refractivity contribution in [3.63, 3.8) is 0 Å². The highest BCUT2D eigenvalue weighted by atomic mass is 16.3. The fourth-order valence-corrected chi connectivity index (χ4v) is 2.98. The van der Waals surface area contributed by atoms with Gasteiger partial charge in [-0.1, -0.05) is 69.7 Å². The van der Waals surface area contributed by atoms with Crippen molar-refractivity contribution in [1.82, 2.24) is 0 Å². The molecule has 2 rings (SSSR count). The Hall–Kier alpha value is -0.820. The molecule has 1 aromatic carbocycles. The molecule has 0 bridgehead atoms. The maximum absolute atomic E-state index is 10.2. The largest absolute Gasteiger partial charge is 0.392 e. The number of hydrogen-bond donors (Lipinski definition) is 1. The van der Waals surface area contributed by atoms with Gasteiger partial charge in [0.1, 0.15) is 0 Å². The monoisotopic (exact) mass is 246 g/mol. The zero-order chi connectivity index (χ0) is 12.8. The summed E-state index contributed by atoms with van der Waals surface area (Å²) in [4.78, 5) is 0. The lowest BCUT2D eigenvalue weighted by molar-refractivity contribution is 0.120. The molecule has 1 aliphatic rings. The first-order valence-corrected chi connectivity index (χ1v) is 7.58. The van der Waals surface area contributed by atoms with E-state index in [1.54, 1.807) is 0 Å². The third kappa shape index (κ3) is 3.35. The lowest BCUT2D eigenvalue weighted by Crippen LogP contribution is -2.28. The van der Waals surface area contributed by atoms with E-state index in [2.05, 4.69) is 31.2 Å². The van der Waals surface area contributed by atoms with Crippen LogP contribution in [0.1, 0.15) is 68.9 Å². The molecule has 1 N–H and O–H groups in total. The van der Waals surface area contributed by atoms with Crippen molar-refractivity contribution >= 4 is 0 Å². The second kappa shape index (κ2) is 6.94. The Bertz CT molecular complexity index is 358. The number of unbranched alkanes of at least 4 members (excludes halogenated alkanes) is 5. The molecule has 0 saturated carbocycles. The van der Waals surface area contributed by atoms with E-state index < -0.39 is 0 Å². The number of rotatable bonds is 8. The van der Waals surface area contributed by atoms with Crippen LogP contribution in [0.3, 0.4) is 0 Å². The van der Waals surface area contributed by atoms with Gasteiger partial charge >= 0.3 is 0 Å². The summed E-state index contributed by atoms with van der Waals surface area (Å²) in [6.45, 7) is 2.25. The van der Waals surface area contributed by atoms with Crippen LogP contribution in [-0.4, -0.2) is 11.2 Å². The number of aliphatic hydroxyl groups is 1. The molecule has 1 nitrogen and oxygen atoms in total. The molecule has 0 aromatic heterocycles. The topological polar surface area (TPSA) is 20.2 Å². The summed E-state index contributed by atoms with van der Waals surface area (Å²) in [5, 5.41) is 10.2. The standard InChI is InChI=1S/C17H26O/c1-2-3-4-5-6-7-12-17(18)16-13-14-10-8-9-11-15(14)16/h8-11,16-18H,2-7,12-13H2,1H3. The number of benzene rings is 1. The van der Waals surface area contributed by atoms with E-state index in [4.69, 9.17) is 0 Å². The van der Waals surface area contributed by atoms with E-state index in [1.807, 2.05) is 0 Å². The molecule has 1 aromatic rings. The van der Waals surface area contributed by atoms with Gasteiger partial charge < -0.3 is 5.11 Å². The molecule has 1 aliphatic carbocycles. The van der Waals surface area contributed by atoms with Gasteiger partial charge in [-0.25, -0.2) is 0 Å². The molecule has 2 atom stereocenters. The predicted molar refractivity (Wildman–Crippen MR) is 76.9 cm³/mol. The summed E-state index contributed by atoms with van der Waals surface area (Å²) in [5.74, 6) is 0.414. The minimum atomic E-state index is -0.119. The zero-order valence-electron chi connectivity index (χ0n) is 11.6. The quantitative estimate of drug-likeness (QED) is 0.672. The molecular formula is C17H26O. The van der Waals surface area contributed by atoms with Gasteiger partial charge in [-0.3, -0.25) is 0 Å². The van der Waals surface area contributed by atoms with E-state index >= 15 is 0 Å². The molecular weight excluding hydrogens is 220 g/mol. The highest BCUT2D eigenvalue weighted by molar-refractivity contribution is 5.40. The normalized spacial score (nSPS) is 19.1. The lowest BCUT2D eigenvalue weighted by Gasteiger charge is -2.34. The Labute approximate surface area is 111 Å². The van der Waals surface area contributed by atoms with Crippen LogP contribution in [0, 0.1) is 0 Å². The van der Waals surface area contributed by atoms with Crippen LogP contribution < -0.4 is 0 Å². The number of hydrogen-bond acceptors (Lipinski definition) is 1. The maximum atomic E-state index is 10.2. The smallest absolute Gasteiger partial charge is 0.0612 e. The predicted octanol–water partition coefficient (Wildman–Crippen LogP) is 4.44. The molecule has 100 valence electrons. The van der Waals surface area contributed by atoms with Gasteiger partial charge in [-0.05, 0) is 24.0 Å². The molecule has 0 aliphatic heterocycles. The SMILES string of the molecule is CCCCCCCCC(O)C1Cc2ccccc21. The molecule has 0 fully saturated rings.